The zero-order valence-electron chi connectivity index (χ0n) is 12.2. The minimum absolute atomic E-state index is 0.230. The minimum Gasteiger partial charge on any atom is -0.310 e. The van der Waals surface area contributed by atoms with E-state index >= 15 is 0 Å². The van der Waals surface area contributed by atoms with Crippen LogP contribution in [-0.4, -0.2) is 11.5 Å². The summed E-state index contributed by atoms with van der Waals surface area (Å²) in [6.07, 6.45) is 2.00. The lowest BCUT2D eigenvalue weighted by Crippen LogP contribution is -2.24. The molecular weight excluding hydrogens is 288 g/mol. The second kappa shape index (κ2) is 7.21. The maximum absolute atomic E-state index is 6.34. The third kappa shape index (κ3) is 3.81. The fourth-order valence-corrected chi connectivity index (χ4v) is 3.42. The Morgan fingerprint density at radius 1 is 1.30 bits per heavy atom. The predicted molar refractivity (Wildman–Crippen MR) is 87.8 cm³/mol. The number of nitrogens with one attached hydrogen (secondary N) is 1. The largest absolute Gasteiger partial charge is 0.310 e. The lowest BCUT2D eigenvalue weighted by Gasteiger charge is -2.19. The number of nitrogens with zero attached hydrogens (tertiary/aromatic N) is 1. The Labute approximate surface area is 130 Å². The molecule has 0 saturated carbocycles. The highest BCUT2D eigenvalue weighted by Gasteiger charge is 2.16. The quantitative estimate of drug-likeness (QED) is 0.837. The molecule has 2 rings (SSSR count). The van der Waals surface area contributed by atoms with Gasteiger partial charge in [-0.1, -0.05) is 36.7 Å². The average molecular weight is 309 g/mol. The number of hydrogen-bond donors (Lipinski definition) is 1. The Morgan fingerprint density at radius 2 is 2.05 bits per heavy atom. The summed E-state index contributed by atoms with van der Waals surface area (Å²) in [5.74, 6) is 0. The van der Waals surface area contributed by atoms with Gasteiger partial charge in [0.05, 0.1) is 10.7 Å². The van der Waals surface area contributed by atoms with Crippen LogP contribution in [-0.2, 0) is 6.42 Å². The summed E-state index contributed by atoms with van der Waals surface area (Å²) < 4.78 is 0. The van der Waals surface area contributed by atoms with E-state index in [0.29, 0.717) is 0 Å². The van der Waals surface area contributed by atoms with Gasteiger partial charge in [0, 0.05) is 22.4 Å². The number of halogens is 1. The van der Waals surface area contributed by atoms with E-state index < -0.39 is 0 Å². The van der Waals surface area contributed by atoms with Gasteiger partial charge in [-0.2, -0.15) is 0 Å². The maximum atomic E-state index is 6.34. The van der Waals surface area contributed by atoms with Gasteiger partial charge >= 0.3 is 0 Å². The molecule has 2 aromatic rings. The lowest BCUT2D eigenvalue weighted by atomic mass is 10.0. The molecule has 1 N–H and O–H groups in total. The molecule has 0 fully saturated rings. The van der Waals surface area contributed by atoms with Crippen molar-refractivity contribution in [3.63, 3.8) is 0 Å². The van der Waals surface area contributed by atoms with E-state index in [1.54, 1.807) is 11.3 Å². The summed E-state index contributed by atoms with van der Waals surface area (Å²) in [6, 6.07) is 8.30. The molecule has 1 unspecified atom stereocenters. The van der Waals surface area contributed by atoms with Crippen LogP contribution in [0.15, 0.2) is 24.3 Å². The first kappa shape index (κ1) is 15.5. The molecule has 1 aromatic carbocycles. The van der Waals surface area contributed by atoms with Gasteiger partial charge in [-0.15, -0.1) is 11.3 Å². The van der Waals surface area contributed by atoms with Crippen molar-refractivity contribution in [3.05, 3.63) is 50.4 Å². The maximum Gasteiger partial charge on any atom is 0.0949 e. The molecule has 0 aliphatic heterocycles. The van der Waals surface area contributed by atoms with Crippen LogP contribution in [0, 0.1) is 13.8 Å². The molecule has 0 aliphatic rings. The van der Waals surface area contributed by atoms with Crippen LogP contribution in [0.25, 0.3) is 0 Å². The van der Waals surface area contributed by atoms with Crippen molar-refractivity contribution in [1.29, 1.82) is 0 Å². The van der Waals surface area contributed by atoms with E-state index in [0.717, 1.165) is 35.7 Å². The SMILES string of the molecule is CCCNC(Cc1nc(C)c(C)s1)c1ccccc1Cl. The molecule has 1 heterocycles. The Hall–Kier alpha value is -0.900. The number of hydrogen-bond acceptors (Lipinski definition) is 3. The van der Waals surface area contributed by atoms with Gasteiger partial charge in [0.1, 0.15) is 0 Å². The summed E-state index contributed by atoms with van der Waals surface area (Å²) in [5.41, 5.74) is 2.30. The molecule has 0 aliphatic carbocycles. The monoisotopic (exact) mass is 308 g/mol. The van der Waals surface area contributed by atoms with Crippen LogP contribution in [0.2, 0.25) is 5.02 Å². The third-order valence-corrected chi connectivity index (χ3v) is 4.81. The fraction of sp³-hybridized carbons (Fsp3) is 0.438. The summed E-state index contributed by atoms with van der Waals surface area (Å²) in [5, 5.41) is 5.59. The minimum atomic E-state index is 0.230. The topological polar surface area (TPSA) is 24.9 Å². The van der Waals surface area contributed by atoms with Crippen molar-refractivity contribution < 1.29 is 0 Å². The first-order chi connectivity index (χ1) is 9.61. The van der Waals surface area contributed by atoms with Crippen LogP contribution in [0.4, 0.5) is 0 Å². The highest BCUT2D eigenvalue weighted by atomic mass is 35.5. The summed E-state index contributed by atoms with van der Waals surface area (Å²) >= 11 is 8.13. The number of rotatable bonds is 6. The first-order valence-corrected chi connectivity index (χ1v) is 8.22. The van der Waals surface area contributed by atoms with Gasteiger partial charge in [0.2, 0.25) is 0 Å². The zero-order valence-corrected chi connectivity index (χ0v) is 13.8. The number of benzene rings is 1. The Kier molecular flexibility index (Phi) is 5.58. The van der Waals surface area contributed by atoms with Crippen molar-refractivity contribution in [3.8, 4) is 0 Å². The molecule has 0 amide bonds. The van der Waals surface area contributed by atoms with Gasteiger partial charge < -0.3 is 5.32 Å². The first-order valence-electron chi connectivity index (χ1n) is 7.02. The van der Waals surface area contributed by atoms with Crippen molar-refractivity contribution >= 4 is 22.9 Å². The van der Waals surface area contributed by atoms with Crippen molar-refractivity contribution in [2.75, 3.05) is 6.54 Å². The van der Waals surface area contributed by atoms with E-state index in [4.69, 9.17) is 11.6 Å². The van der Waals surface area contributed by atoms with E-state index in [-0.39, 0.29) is 6.04 Å². The van der Waals surface area contributed by atoms with Crippen LogP contribution in [0.1, 0.15) is 40.5 Å². The van der Waals surface area contributed by atoms with Gasteiger partial charge in [-0.3, -0.25) is 0 Å². The Balaban J connectivity index is 2.21. The van der Waals surface area contributed by atoms with Crippen molar-refractivity contribution in [1.82, 2.24) is 10.3 Å². The van der Waals surface area contributed by atoms with E-state index in [1.807, 2.05) is 18.2 Å². The van der Waals surface area contributed by atoms with Gasteiger partial charge in [-0.05, 0) is 38.4 Å². The third-order valence-electron chi connectivity index (χ3n) is 3.37. The Bertz CT molecular complexity index is 546. The van der Waals surface area contributed by atoms with Crippen LogP contribution in [0.3, 0.4) is 0 Å². The molecule has 4 heteroatoms. The highest BCUT2D eigenvalue weighted by molar-refractivity contribution is 7.11. The van der Waals surface area contributed by atoms with Crippen molar-refractivity contribution in [2.45, 2.75) is 39.7 Å². The molecule has 0 spiro atoms. The molecule has 0 bridgehead atoms. The molecule has 2 nitrogen and oxygen atoms in total. The molecule has 0 saturated heterocycles. The van der Waals surface area contributed by atoms with E-state index in [1.165, 1.54) is 9.88 Å². The van der Waals surface area contributed by atoms with E-state index in [9.17, 15) is 0 Å². The van der Waals surface area contributed by atoms with Crippen molar-refractivity contribution in [2.24, 2.45) is 0 Å². The molecule has 1 aromatic heterocycles. The smallest absolute Gasteiger partial charge is 0.0949 e. The molecule has 0 radical (unpaired) electrons. The normalized spacial score (nSPS) is 12.6. The van der Waals surface area contributed by atoms with Crippen LogP contribution >= 0.6 is 22.9 Å². The lowest BCUT2D eigenvalue weighted by molar-refractivity contribution is 0.528. The fourth-order valence-electron chi connectivity index (χ4n) is 2.17. The molecular formula is C16H21ClN2S. The number of aryl methyl sites for hydroxylation is 2. The average Bonchev–Trinajstić information content (AvgIpc) is 2.74. The summed E-state index contributed by atoms with van der Waals surface area (Å²) in [4.78, 5) is 5.95. The summed E-state index contributed by atoms with van der Waals surface area (Å²) in [7, 11) is 0. The zero-order chi connectivity index (χ0) is 14.5. The second-order valence-corrected chi connectivity index (χ2v) is 6.68. The molecule has 20 heavy (non-hydrogen) atoms. The van der Waals surface area contributed by atoms with Gasteiger partial charge in [0.25, 0.3) is 0 Å². The second-order valence-electron chi connectivity index (χ2n) is 4.98. The van der Waals surface area contributed by atoms with Crippen LogP contribution < -0.4 is 5.32 Å². The van der Waals surface area contributed by atoms with E-state index in [2.05, 4.69) is 37.1 Å². The van der Waals surface area contributed by atoms with Gasteiger partial charge in [-0.25, -0.2) is 4.98 Å². The number of thiazole rings is 1. The number of aromatic nitrogens is 1. The van der Waals surface area contributed by atoms with Gasteiger partial charge in [0.15, 0.2) is 0 Å². The highest BCUT2D eigenvalue weighted by Crippen LogP contribution is 2.28. The molecule has 108 valence electrons. The predicted octanol–water partition coefficient (Wildman–Crippen LogP) is 4.70. The summed E-state index contributed by atoms with van der Waals surface area (Å²) in [6.45, 7) is 7.35. The standard InChI is InChI=1S/C16H21ClN2S/c1-4-9-18-15(13-7-5-6-8-14(13)17)10-16-19-11(2)12(3)20-16/h5-8,15,18H,4,9-10H2,1-3H3. The molecule has 1 atom stereocenters. The van der Waals surface area contributed by atoms with Crippen LogP contribution in [0.5, 0.6) is 0 Å². The Morgan fingerprint density at radius 3 is 2.65 bits per heavy atom.